The van der Waals surface area contributed by atoms with Gasteiger partial charge in [-0.1, -0.05) is 26.0 Å². The maximum Gasteiger partial charge on any atom is 0.310 e. The molecular formula is C22H20N4O3. The van der Waals surface area contributed by atoms with Crippen molar-refractivity contribution in [2.75, 3.05) is 0 Å². The van der Waals surface area contributed by atoms with Gasteiger partial charge in [0, 0.05) is 19.0 Å². The topological polar surface area (TPSA) is 74.6 Å². The number of aromatic nitrogens is 4. The van der Waals surface area contributed by atoms with E-state index in [-0.39, 0.29) is 12.4 Å². The quantitative estimate of drug-likeness (QED) is 0.418. The van der Waals surface area contributed by atoms with Crippen molar-refractivity contribution in [2.45, 2.75) is 33.2 Å². The Morgan fingerprint density at radius 1 is 1.10 bits per heavy atom. The molecule has 0 atom stereocenters. The molecule has 0 saturated heterocycles. The van der Waals surface area contributed by atoms with E-state index in [1.165, 1.54) is 0 Å². The molecule has 0 unspecified atom stereocenters. The molecule has 0 fully saturated rings. The second-order valence-corrected chi connectivity index (χ2v) is 6.87. The van der Waals surface area contributed by atoms with Crippen LogP contribution in [0.1, 0.15) is 31.9 Å². The number of ether oxygens (including phenoxy) is 1. The average molecular weight is 388 g/mol. The van der Waals surface area contributed by atoms with E-state index in [2.05, 4.69) is 11.3 Å². The first-order chi connectivity index (χ1) is 14.2. The summed E-state index contributed by atoms with van der Waals surface area (Å²) in [6.45, 7) is 4.33. The molecule has 0 saturated carbocycles. The van der Waals surface area contributed by atoms with Gasteiger partial charge in [-0.2, -0.15) is 0 Å². The van der Waals surface area contributed by atoms with Crippen molar-refractivity contribution in [2.24, 2.45) is 0 Å². The van der Waals surface area contributed by atoms with E-state index >= 15 is 0 Å². The lowest BCUT2D eigenvalue weighted by atomic mass is 10.3. The summed E-state index contributed by atoms with van der Waals surface area (Å²) >= 11 is 0. The molecular weight excluding hydrogens is 368 g/mol. The fourth-order valence-electron chi connectivity index (χ4n) is 3.68. The Kier molecular flexibility index (Phi) is 4.08. The van der Waals surface area contributed by atoms with E-state index in [1.54, 1.807) is 13.2 Å². The molecule has 0 aliphatic heterocycles. The minimum Gasteiger partial charge on any atom is -0.467 e. The zero-order valence-corrected chi connectivity index (χ0v) is 16.3. The summed E-state index contributed by atoms with van der Waals surface area (Å²) in [5.74, 6) is 1.86. The molecule has 4 heterocycles. The molecule has 0 bridgehead atoms. The third kappa shape index (κ3) is 2.77. The van der Waals surface area contributed by atoms with Crippen LogP contribution in [-0.2, 0) is 17.8 Å². The Labute approximate surface area is 166 Å². The number of aryl methyl sites for hydroxylation is 1. The van der Waals surface area contributed by atoms with Crippen LogP contribution in [0.15, 0.2) is 53.3 Å². The molecule has 7 nitrogen and oxygen atoms in total. The molecule has 5 aromatic rings. The number of para-hydroxylation sites is 2. The van der Waals surface area contributed by atoms with Crippen molar-refractivity contribution in [3.8, 4) is 5.75 Å². The second-order valence-electron chi connectivity index (χ2n) is 6.87. The fraction of sp³-hybridized carbons (Fsp3) is 0.227. The third-order valence-corrected chi connectivity index (χ3v) is 5.03. The van der Waals surface area contributed by atoms with Crippen molar-refractivity contribution >= 4 is 33.7 Å². The van der Waals surface area contributed by atoms with Crippen LogP contribution in [0.3, 0.4) is 0 Å². The Balaban J connectivity index is 1.85. The number of hydrogen-bond donors (Lipinski definition) is 0. The molecule has 5 rings (SSSR count). The van der Waals surface area contributed by atoms with Gasteiger partial charge in [-0.25, -0.2) is 9.97 Å². The lowest BCUT2D eigenvalue weighted by Crippen LogP contribution is -2.06. The molecule has 146 valence electrons. The SMILES string of the molecule is CCC(=O)Oc1cn(Cc2ccco2)c2nc(CC)n3c4ccccc4nc3c12. The van der Waals surface area contributed by atoms with Crippen LogP contribution >= 0.6 is 0 Å². The summed E-state index contributed by atoms with van der Waals surface area (Å²) in [5, 5.41) is 0.728. The molecule has 0 aliphatic carbocycles. The van der Waals surface area contributed by atoms with Gasteiger partial charge in [0.15, 0.2) is 11.4 Å². The molecule has 0 spiro atoms. The maximum absolute atomic E-state index is 12.1. The summed E-state index contributed by atoms with van der Waals surface area (Å²) in [6.07, 6.45) is 4.48. The van der Waals surface area contributed by atoms with Crippen LogP contribution in [0.2, 0.25) is 0 Å². The minimum absolute atomic E-state index is 0.290. The van der Waals surface area contributed by atoms with Crippen molar-refractivity contribution in [1.82, 2.24) is 18.9 Å². The maximum atomic E-state index is 12.1. The van der Waals surface area contributed by atoms with Crippen LogP contribution in [0.4, 0.5) is 0 Å². The highest BCUT2D eigenvalue weighted by Crippen LogP contribution is 2.34. The number of esters is 1. The van der Waals surface area contributed by atoms with Gasteiger partial charge in [-0.3, -0.25) is 9.20 Å². The van der Waals surface area contributed by atoms with Crippen LogP contribution in [0.25, 0.3) is 27.7 Å². The van der Waals surface area contributed by atoms with Gasteiger partial charge in [0.1, 0.15) is 22.6 Å². The largest absolute Gasteiger partial charge is 0.467 e. The Morgan fingerprint density at radius 2 is 1.97 bits per heavy atom. The monoisotopic (exact) mass is 388 g/mol. The Morgan fingerprint density at radius 3 is 2.72 bits per heavy atom. The Hall–Kier alpha value is -3.61. The Bertz CT molecular complexity index is 1350. The number of nitrogens with zero attached hydrogens (tertiary/aromatic N) is 4. The number of fused-ring (bicyclic) bond motifs is 5. The molecule has 7 heteroatoms. The molecule has 4 aromatic heterocycles. The number of imidazole rings is 1. The standard InChI is InChI=1S/C22H20N4O3/c1-3-18-24-21-20(22-23-15-9-5-6-10-16(15)26(18)22)17(29-19(27)4-2)13-25(21)12-14-8-7-11-28-14/h5-11,13H,3-4,12H2,1-2H3. The molecule has 0 N–H and O–H groups in total. The molecule has 0 radical (unpaired) electrons. The smallest absolute Gasteiger partial charge is 0.310 e. The van der Waals surface area contributed by atoms with Gasteiger partial charge in [-0.05, 0) is 24.3 Å². The molecule has 1 aromatic carbocycles. The molecule has 0 amide bonds. The number of furan rings is 1. The zero-order chi connectivity index (χ0) is 20.0. The summed E-state index contributed by atoms with van der Waals surface area (Å²) in [5.41, 5.74) is 3.33. The van der Waals surface area contributed by atoms with E-state index in [0.29, 0.717) is 12.3 Å². The van der Waals surface area contributed by atoms with Gasteiger partial charge < -0.3 is 13.7 Å². The number of hydrogen-bond acceptors (Lipinski definition) is 5. The third-order valence-electron chi connectivity index (χ3n) is 5.03. The van der Waals surface area contributed by atoms with Crippen LogP contribution in [0, 0.1) is 0 Å². The first kappa shape index (κ1) is 17.5. The first-order valence-corrected chi connectivity index (χ1v) is 9.71. The fourth-order valence-corrected chi connectivity index (χ4v) is 3.68. The van der Waals surface area contributed by atoms with Gasteiger partial charge >= 0.3 is 5.97 Å². The van der Waals surface area contributed by atoms with Gasteiger partial charge in [-0.15, -0.1) is 0 Å². The van der Waals surface area contributed by atoms with Crippen molar-refractivity contribution < 1.29 is 13.9 Å². The predicted octanol–water partition coefficient (Wildman–Crippen LogP) is 4.36. The number of carbonyl (C=O) groups excluding carboxylic acids is 1. The van der Waals surface area contributed by atoms with Crippen molar-refractivity contribution in [3.05, 3.63) is 60.4 Å². The predicted molar refractivity (Wildman–Crippen MR) is 109 cm³/mol. The highest BCUT2D eigenvalue weighted by molar-refractivity contribution is 6.00. The van der Waals surface area contributed by atoms with Crippen molar-refractivity contribution in [3.63, 3.8) is 0 Å². The average Bonchev–Trinajstić information content (AvgIpc) is 3.45. The number of rotatable bonds is 5. The van der Waals surface area contributed by atoms with Crippen LogP contribution < -0.4 is 4.74 Å². The van der Waals surface area contributed by atoms with E-state index in [9.17, 15) is 4.79 Å². The number of benzene rings is 1. The van der Waals surface area contributed by atoms with E-state index in [0.717, 1.165) is 45.7 Å². The van der Waals surface area contributed by atoms with Gasteiger partial charge in [0.2, 0.25) is 0 Å². The summed E-state index contributed by atoms with van der Waals surface area (Å²) in [6, 6.07) is 11.7. The lowest BCUT2D eigenvalue weighted by molar-refractivity contribution is -0.133. The second kappa shape index (κ2) is 6.77. The highest BCUT2D eigenvalue weighted by Gasteiger charge is 2.22. The van der Waals surface area contributed by atoms with E-state index < -0.39 is 0 Å². The van der Waals surface area contributed by atoms with Crippen LogP contribution in [0.5, 0.6) is 5.75 Å². The van der Waals surface area contributed by atoms with Gasteiger partial charge in [0.25, 0.3) is 0 Å². The summed E-state index contributed by atoms with van der Waals surface area (Å²) in [7, 11) is 0. The summed E-state index contributed by atoms with van der Waals surface area (Å²) < 4.78 is 15.2. The van der Waals surface area contributed by atoms with E-state index in [4.69, 9.17) is 19.1 Å². The number of carbonyl (C=O) groups is 1. The molecule has 29 heavy (non-hydrogen) atoms. The normalized spacial score (nSPS) is 11.7. The minimum atomic E-state index is -0.295. The lowest BCUT2D eigenvalue weighted by Gasteiger charge is -2.07. The van der Waals surface area contributed by atoms with Crippen molar-refractivity contribution in [1.29, 1.82) is 0 Å². The van der Waals surface area contributed by atoms with Crippen LogP contribution in [-0.4, -0.2) is 24.9 Å². The highest BCUT2D eigenvalue weighted by atomic mass is 16.5. The summed E-state index contributed by atoms with van der Waals surface area (Å²) in [4.78, 5) is 21.9. The first-order valence-electron chi connectivity index (χ1n) is 9.71. The molecule has 0 aliphatic rings. The van der Waals surface area contributed by atoms with E-state index in [1.807, 2.05) is 47.2 Å². The zero-order valence-electron chi connectivity index (χ0n) is 16.3. The van der Waals surface area contributed by atoms with Gasteiger partial charge in [0.05, 0.1) is 23.8 Å².